The van der Waals surface area contributed by atoms with Crippen LogP contribution in [0.2, 0.25) is 0 Å². The lowest BCUT2D eigenvalue weighted by Crippen LogP contribution is -2.17. The number of H-pyrrole nitrogens is 1. The van der Waals surface area contributed by atoms with Gasteiger partial charge in [0, 0.05) is 23.3 Å². The van der Waals surface area contributed by atoms with Crippen molar-refractivity contribution < 1.29 is 22.3 Å². The molecule has 2 N–H and O–H groups in total. The van der Waals surface area contributed by atoms with Gasteiger partial charge in [-0.05, 0) is 47.5 Å². The topological polar surface area (TPSA) is 37.0 Å². The van der Waals surface area contributed by atoms with Gasteiger partial charge in [-0.2, -0.15) is 0 Å². The Morgan fingerprint density at radius 1 is 0.926 bits per heavy atom. The summed E-state index contributed by atoms with van der Waals surface area (Å²) in [6.45, 7) is 0. The number of nitrogens with one attached hydrogen (secondary N) is 2. The summed E-state index contributed by atoms with van der Waals surface area (Å²) in [6, 6.07) is 14.0. The molecule has 1 heterocycles. The Balaban J connectivity index is 1.85. The summed E-state index contributed by atoms with van der Waals surface area (Å²) in [5.41, 5.74) is 3.46. The minimum absolute atomic E-state index is 0.289. The maximum atomic E-state index is 13.9. The summed E-state index contributed by atoms with van der Waals surface area (Å²) in [5.74, 6) is -0.665. The van der Waals surface area contributed by atoms with Crippen molar-refractivity contribution in [3.05, 3.63) is 60.4 Å². The second-order valence-electron chi connectivity index (χ2n) is 6.09. The van der Waals surface area contributed by atoms with Gasteiger partial charge in [-0.15, -0.1) is 13.2 Å². The summed E-state index contributed by atoms with van der Waals surface area (Å²) < 4.78 is 55.3. The number of aromatic amines is 1. The van der Waals surface area contributed by atoms with Crippen LogP contribution in [0.4, 0.5) is 23.2 Å². The molecule has 0 atom stereocenters. The maximum Gasteiger partial charge on any atom is 0.573 e. The van der Waals surface area contributed by atoms with E-state index in [4.69, 9.17) is 0 Å². The summed E-state index contributed by atoms with van der Waals surface area (Å²) in [4.78, 5) is 3.24. The molecule has 0 spiro atoms. The molecule has 0 saturated heterocycles. The van der Waals surface area contributed by atoms with Crippen LogP contribution in [0.15, 0.2) is 54.6 Å². The molecule has 4 rings (SSSR count). The smallest absolute Gasteiger partial charge is 0.406 e. The number of rotatable bonds is 3. The molecule has 0 saturated carbocycles. The molecule has 0 amide bonds. The number of alkyl halides is 3. The van der Waals surface area contributed by atoms with Crippen molar-refractivity contribution in [2.45, 2.75) is 6.36 Å². The van der Waals surface area contributed by atoms with E-state index >= 15 is 0 Å². The van der Waals surface area contributed by atoms with Gasteiger partial charge in [0.2, 0.25) is 0 Å². The van der Waals surface area contributed by atoms with Crippen molar-refractivity contribution in [1.29, 1.82) is 0 Å². The van der Waals surface area contributed by atoms with Crippen LogP contribution < -0.4 is 10.1 Å². The van der Waals surface area contributed by atoms with Gasteiger partial charge in [-0.1, -0.05) is 18.2 Å². The number of hydrogen-bond acceptors (Lipinski definition) is 2. The first kappa shape index (κ1) is 17.2. The van der Waals surface area contributed by atoms with Gasteiger partial charge in [-0.3, -0.25) is 0 Å². The zero-order valence-corrected chi connectivity index (χ0v) is 14.1. The average Bonchev–Trinajstić information content (AvgIpc) is 2.97. The molecule has 1 aromatic heterocycles. The van der Waals surface area contributed by atoms with Crippen LogP contribution in [0.3, 0.4) is 0 Å². The molecule has 3 aromatic carbocycles. The van der Waals surface area contributed by atoms with Crippen LogP contribution in [0.5, 0.6) is 5.75 Å². The van der Waals surface area contributed by atoms with E-state index in [1.807, 2.05) is 12.1 Å². The summed E-state index contributed by atoms with van der Waals surface area (Å²) in [5, 5.41) is 4.42. The average molecular weight is 374 g/mol. The molecule has 0 aliphatic heterocycles. The van der Waals surface area contributed by atoms with Crippen LogP contribution in [-0.4, -0.2) is 18.4 Å². The van der Waals surface area contributed by atoms with Gasteiger partial charge < -0.3 is 15.0 Å². The lowest BCUT2D eigenvalue weighted by atomic mass is 10.0. The van der Waals surface area contributed by atoms with Gasteiger partial charge in [0.25, 0.3) is 0 Å². The molecule has 27 heavy (non-hydrogen) atoms. The van der Waals surface area contributed by atoms with E-state index in [9.17, 15) is 17.6 Å². The van der Waals surface area contributed by atoms with Crippen LogP contribution in [0.25, 0.3) is 32.9 Å². The molecule has 0 fully saturated rings. The van der Waals surface area contributed by atoms with Crippen molar-refractivity contribution in [2.75, 3.05) is 12.4 Å². The Morgan fingerprint density at radius 3 is 2.44 bits per heavy atom. The van der Waals surface area contributed by atoms with E-state index in [0.717, 1.165) is 16.4 Å². The van der Waals surface area contributed by atoms with Gasteiger partial charge >= 0.3 is 6.36 Å². The predicted octanol–water partition coefficient (Wildman–Crippen LogP) is 6.07. The molecule has 0 aliphatic carbocycles. The summed E-state index contributed by atoms with van der Waals surface area (Å²) in [6.07, 6.45) is -4.75. The third-order valence-electron chi connectivity index (χ3n) is 4.34. The Hall–Kier alpha value is -3.22. The Morgan fingerprint density at radius 2 is 1.70 bits per heavy atom. The highest BCUT2D eigenvalue weighted by atomic mass is 19.4. The standard InChI is InChI=1S/C20H14F4N2O/c1-25-18-10-13(21)9-16-15-8-12(5-6-17(15)26-19(16)18)11-3-2-4-14(7-11)27-20(22,23)24/h2-10,25-26H,1H3. The lowest BCUT2D eigenvalue weighted by molar-refractivity contribution is -0.274. The summed E-state index contributed by atoms with van der Waals surface area (Å²) in [7, 11) is 1.71. The number of anilines is 1. The van der Waals surface area contributed by atoms with Crippen molar-refractivity contribution >= 4 is 27.5 Å². The fourth-order valence-electron chi connectivity index (χ4n) is 3.21. The zero-order valence-electron chi connectivity index (χ0n) is 14.1. The van der Waals surface area contributed by atoms with Gasteiger partial charge in [-0.25, -0.2) is 4.39 Å². The molecule has 4 aromatic rings. The Kier molecular flexibility index (Phi) is 3.95. The minimum atomic E-state index is -4.75. The van der Waals surface area contributed by atoms with Gasteiger partial charge in [0.15, 0.2) is 0 Å². The van der Waals surface area contributed by atoms with Gasteiger partial charge in [0.1, 0.15) is 11.6 Å². The molecule has 0 unspecified atom stereocenters. The molecule has 0 aliphatic rings. The van der Waals surface area contributed by atoms with Crippen LogP contribution in [-0.2, 0) is 0 Å². The molecular weight excluding hydrogens is 360 g/mol. The SMILES string of the molecule is CNc1cc(F)cc2c1[nH]c1ccc(-c3cccc(OC(F)(F)F)c3)cc12. The van der Waals surface area contributed by atoms with Crippen molar-refractivity contribution in [2.24, 2.45) is 0 Å². The first-order chi connectivity index (χ1) is 12.8. The number of hydrogen-bond donors (Lipinski definition) is 2. The maximum absolute atomic E-state index is 13.9. The highest BCUT2D eigenvalue weighted by Crippen LogP contribution is 2.35. The van der Waals surface area contributed by atoms with Crippen molar-refractivity contribution in [1.82, 2.24) is 4.98 Å². The molecule has 3 nitrogen and oxygen atoms in total. The molecule has 0 radical (unpaired) electrons. The van der Waals surface area contributed by atoms with E-state index in [1.165, 1.54) is 30.3 Å². The monoisotopic (exact) mass is 374 g/mol. The first-order valence-corrected chi connectivity index (χ1v) is 8.13. The highest BCUT2D eigenvalue weighted by Gasteiger charge is 2.31. The number of aromatic nitrogens is 1. The molecule has 138 valence electrons. The quantitative estimate of drug-likeness (QED) is 0.427. The van der Waals surface area contributed by atoms with Crippen molar-refractivity contribution in [3.8, 4) is 16.9 Å². The fraction of sp³-hybridized carbons (Fsp3) is 0.100. The Bertz CT molecular complexity index is 1150. The van der Waals surface area contributed by atoms with E-state index in [1.54, 1.807) is 19.2 Å². The molecule has 0 bridgehead atoms. The van der Waals surface area contributed by atoms with Crippen LogP contribution in [0.1, 0.15) is 0 Å². The molecular formula is C20H14F4N2O. The summed E-state index contributed by atoms with van der Waals surface area (Å²) >= 11 is 0. The highest BCUT2D eigenvalue weighted by molar-refractivity contribution is 6.12. The second-order valence-corrected chi connectivity index (χ2v) is 6.09. The predicted molar refractivity (Wildman–Crippen MR) is 97.4 cm³/mol. The minimum Gasteiger partial charge on any atom is -0.406 e. The van der Waals surface area contributed by atoms with Gasteiger partial charge in [0.05, 0.1) is 11.2 Å². The lowest BCUT2D eigenvalue weighted by Gasteiger charge is -2.10. The van der Waals surface area contributed by atoms with E-state index < -0.39 is 6.36 Å². The number of ether oxygens (including phenoxy) is 1. The third kappa shape index (κ3) is 3.28. The first-order valence-electron chi connectivity index (χ1n) is 8.13. The van der Waals surface area contributed by atoms with Crippen LogP contribution in [0, 0.1) is 5.82 Å². The largest absolute Gasteiger partial charge is 0.573 e. The van der Waals surface area contributed by atoms with E-state index in [2.05, 4.69) is 15.0 Å². The number of fused-ring (bicyclic) bond motifs is 3. The van der Waals surface area contributed by atoms with Crippen LogP contribution >= 0.6 is 0 Å². The molecule has 7 heteroatoms. The third-order valence-corrected chi connectivity index (χ3v) is 4.34. The normalized spacial score (nSPS) is 11.9. The van der Waals surface area contributed by atoms with E-state index in [-0.39, 0.29) is 11.6 Å². The second kappa shape index (κ2) is 6.19. The number of halogens is 4. The Labute approximate surface area is 151 Å². The zero-order chi connectivity index (χ0) is 19.2. The number of benzene rings is 3. The van der Waals surface area contributed by atoms with Crippen molar-refractivity contribution in [3.63, 3.8) is 0 Å². The van der Waals surface area contributed by atoms with E-state index in [0.29, 0.717) is 22.2 Å². The fourth-order valence-corrected chi connectivity index (χ4v) is 3.21.